The first kappa shape index (κ1) is 29.7. The molecule has 15 heteroatoms. The van der Waals surface area contributed by atoms with Crippen LogP contribution in [0, 0.1) is 17.1 Å². The number of amides is 2. The maximum atomic E-state index is 15.8. The molecule has 1 aromatic heterocycles. The lowest BCUT2D eigenvalue weighted by Gasteiger charge is -2.43. The molecule has 1 saturated carbocycles. The maximum absolute atomic E-state index is 15.8. The van der Waals surface area contributed by atoms with Crippen LogP contribution in [-0.2, 0) is 17.4 Å². The Hall–Kier alpha value is -3.77. The number of carbonyl (C=O) groups is 2. The van der Waals surface area contributed by atoms with Crippen molar-refractivity contribution in [3.05, 3.63) is 52.6 Å². The van der Waals surface area contributed by atoms with Crippen LogP contribution in [0.3, 0.4) is 0 Å². The van der Waals surface area contributed by atoms with Gasteiger partial charge in [0, 0.05) is 18.5 Å². The third kappa shape index (κ3) is 4.96. The van der Waals surface area contributed by atoms with Gasteiger partial charge in [-0.15, -0.1) is 0 Å². The number of pyridine rings is 1. The van der Waals surface area contributed by atoms with Crippen LogP contribution in [-0.4, -0.2) is 57.9 Å². The maximum Gasteiger partial charge on any atom is 0.419 e. The molecule has 0 radical (unpaired) electrons. The van der Waals surface area contributed by atoms with E-state index in [2.05, 4.69) is 4.98 Å². The summed E-state index contributed by atoms with van der Waals surface area (Å²) in [5.41, 5.74) is 1.21. The highest BCUT2D eigenvalue weighted by Gasteiger charge is 2.60. The van der Waals surface area contributed by atoms with Crippen molar-refractivity contribution in [1.82, 2.24) is 9.88 Å². The Balaban J connectivity index is 1.54. The number of nitriles is 1. The molecule has 2 aromatic rings. The Bertz CT molecular complexity index is 1520. The zero-order valence-corrected chi connectivity index (χ0v) is 22.8. The second-order valence-electron chi connectivity index (χ2n) is 10.6. The number of aromatic nitrogens is 1. The number of anilines is 2. The standard InChI is InChI=1S/C27H24F6N6O2S/c28-21-16(3-1-9-37-10-8-26(29,30)14-37)20(5-4-17(21)22(35)40)39-24(42)38(23(41)25(39)6-2-7-25)15-11-18(27(31,32)33)19(12-34)36-13-15/h4-5,11,13H,1-3,6-10,14H2,(H2,35,40). The van der Waals surface area contributed by atoms with E-state index >= 15 is 4.39 Å². The molecule has 1 spiro atoms. The van der Waals surface area contributed by atoms with Gasteiger partial charge in [-0.2, -0.15) is 18.4 Å². The number of nitrogens with zero attached hydrogens (tertiary/aromatic N) is 5. The molecular formula is C27H24F6N6O2S. The predicted molar refractivity (Wildman–Crippen MR) is 142 cm³/mol. The molecule has 2 N–H and O–H groups in total. The third-order valence-electron chi connectivity index (χ3n) is 8.01. The summed E-state index contributed by atoms with van der Waals surface area (Å²) < 4.78 is 84.1. The van der Waals surface area contributed by atoms with Crippen molar-refractivity contribution < 1.29 is 35.9 Å². The number of thiocarbonyl (C=S) groups is 1. The molecule has 0 atom stereocenters. The number of hydrogen-bond donors (Lipinski definition) is 1. The minimum atomic E-state index is -4.94. The smallest absolute Gasteiger partial charge is 0.366 e. The quantitative estimate of drug-likeness (QED) is 0.362. The first-order valence-electron chi connectivity index (χ1n) is 13.1. The van der Waals surface area contributed by atoms with Gasteiger partial charge in [-0.1, -0.05) is 0 Å². The molecule has 42 heavy (non-hydrogen) atoms. The lowest BCUT2D eigenvalue weighted by molar-refractivity contribution is -0.138. The van der Waals surface area contributed by atoms with Gasteiger partial charge in [0.15, 0.2) is 10.8 Å². The highest BCUT2D eigenvalue weighted by molar-refractivity contribution is 7.81. The van der Waals surface area contributed by atoms with Crippen LogP contribution in [0.4, 0.5) is 37.7 Å². The van der Waals surface area contributed by atoms with Gasteiger partial charge in [0.2, 0.25) is 0 Å². The molecule has 1 aliphatic carbocycles. The molecule has 222 valence electrons. The van der Waals surface area contributed by atoms with Crippen LogP contribution in [0.5, 0.6) is 0 Å². The van der Waals surface area contributed by atoms with E-state index < -0.39 is 58.6 Å². The van der Waals surface area contributed by atoms with Crippen molar-refractivity contribution in [2.75, 3.05) is 29.4 Å². The third-order valence-corrected chi connectivity index (χ3v) is 8.38. The van der Waals surface area contributed by atoms with Gasteiger partial charge in [0.05, 0.1) is 35.2 Å². The number of halogens is 6. The molecule has 3 fully saturated rings. The Morgan fingerprint density at radius 2 is 1.93 bits per heavy atom. The molecule has 5 rings (SSSR count). The van der Waals surface area contributed by atoms with Crippen molar-refractivity contribution in [1.29, 1.82) is 5.26 Å². The van der Waals surface area contributed by atoms with E-state index in [1.54, 1.807) is 4.90 Å². The zero-order valence-electron chi connectivity index (χ0n) is 22.0. The molecule has 8 nitrogen and oxygen atoms in total. The number of alkyl halides is 5. The van der Waals surface area contributed by atoms with Crippen LogP contribution in [0.15, 0.2) is 24.4 Å². The minimum Gasteiger partial charge on any atom is -0.366 e. The summed E-state index contributed by atoms with van der Waals surface area (Å²) in [6, 6.07) is 4.53. The summed E-state index contributed by atoms with van der Waals surface area (Å²) in [4.78, 5) is 33.2. The normalized spacial score (nSPS) is 19.8. The molecular weight excluding hydrogens is 586 g/mol. The summed E-state index contributed by atoms with van der Waals surface area (Å²) in [6.07, 6.45) is -2.97. The fraction of sp³-hybridized carbons (Fsp3) is 0.444. The molecule has 2 saturated heterocycles. The molecule has 2 amide bonds. The van der Waals surface area contributed by atoms with Crippen molar-refractivity contribution in [3.8, 4) is 6.07 Å². The summed E-state index contributed by atoms with van der Waals surface area (Å²) in [5.74, 6) is -5.43. The fourth-order valence-corrected chi connectivity index (χ4v) is 6.25. The molecule has 2 aliphatic heterocycles. The number of nitrogens with two attached hydrogens (primary N) is 1. The van der Waals surface area contributed by atoms with Gasteiger partial charge >= 0.3 is 6.18 Å². The Kier molecular flexibility index (Phi) is 7.43. The van der Waals surface area contributed by atoms with Crippen molar-refractivity contribution in [2.45, 2.75) is 56.2 Å². The van der Waals surface area contributed by atoms with Crippen molar-refractivity contribution >= 4 is 40.5 Å². The van der Waals surface area contributed by atoms with E-state index in [9.17, 15) is 31.5 Å². The topological polar surface area (TPSA) is 107 Å². The summed E-state index contributed by atoms with van der Waals surface area (Å²) in [5, 5.41) is 8.88. The molecule has 3 aliphatic rings. The molecule has 0 bridgehead atoms. The van der Waals surface area contributed by atoms with Gasteiger partial charge in [-0.05, 0) is 69.1 Å². The van der Waals surface area contributed by atoms with E-state index in [1.807, 2.05) is 0 Å². The number of carbonyl (C=O) groups excluding carboxylic acids is 2. The molecule has 0 unspecified atom stereocenters. The molecule has 1 aromatic carbocycles. The highest BCUT2D eigenvalue weighted by Crippen LogP contribution is 2.49. The van der Waals surface area contributed by atoms with Crippen LogP contribution in [0.2, 0.25) is 0 Å². The number of likely N-dealkylation sites (tertiary alicyclic amines) is 1. The zero-order chi connectivity index (χ0) is 30.6. The number of benzene rings is 1. The second-order valence-corrected chi connectivity index (χ2v) is 11.0. The van der Waals surface area contributed by atoms with Gasteiger partial charge in [-0.3, -0.25) is 19.4 Å². The first-order chi connectivity index (χ1) is 19.7. The average Bonchev–Trinajstić information content (AvgIpc) is 3.35. The van der Waals surface area contributed by atoms with Crippen LogP contribution in [0.1, 0.15) is 59.3 Å². The largest absolute Gasteiger partial charge is 0.419 e. The van der Waals surface area contributed by atoms with Gasteiger partial charge < -0.3 is 10.6 Å². The predicted octanol–water partition coefficient (Wildman–Crippen LogP) is 4.54. The lowest BCUT2D eigenvalue weighted by Crippen LogP contribution is -2.55. The van der Waals surface area contributed by atoms with Crippen LogP contribution in [0.25, 0.3) is 0 Å². The first-order valence-corrected chi connectivity index (χ1v) is 13.5. The molecule has 3 heterocycles. The van der Waals surface area contributed by atoms with E-state index in [1.165, 1.54) is 17.0 Å². The van der Waals surface area contributed by atoms with E-state index in [0.29, 0.717) is 12.5 Å². The van der Waals surface area contributed by atoms with E-state index in [4.69, 9.17) is 23.2 Å². The highest BCUT2D eigenvalue weighted by atomic mass is 32.1. The van der Waals surface area contributed by atoms with E-state index in [-0.39, 0.29) is 67.2 Å². The Morgan fingerprint density at radius 3 is 2.48 bits per heavy atom. The number of rotatable bonds is 7. The Labute approximate surface area is 241 Å². The average molecular weight is 611 g/mol. The van der Waals surface area contributed by atoms with Crippen molar-refractivity contribution in [2.24, 2.45) is 5.73 Å². The summed E-state index contributed by atoms with van der Waals surface area (Å²) in [6.45, 7) is -0.0387. The van der Waals surface area contributed by atoms with Crippen molar-refractivity contribution in [3.63, 3.8) is 0 Å². The monoisotopic (exact) mass is 610 g/mol. The summed E-state index contributed by atoms with van der Waals surface area (Å²) in [7, 11) is 0. The lowest BCUT2D eigenvalue weighted by atomic mass is 9.75. The summed E-state index contributed by atoms with van der Waals surface area (Å²) >= 11 is 5.61. The van der Waals surface area contributed by atoms with Gasteiger partial charge in [-0.25, -0.2) is 18.2 Å². The van der Waals surface area contributed by atoms with Gasteiger partial charge in [0.25, 0.3) is 17.7 Å². The second kappa shape index (κ2) is 10.5. The van der Waals surface area contributed by atoms with Gasteiger partial charge in [0.1, 0.15) is 17.4 Å². The van der Waals surface area contributed by atoms with Crippen LogP contribution >= 0.6 is 12.2 Å². The van der Waals surface area contributed by atoms with Crippen LogP contribution < -0.4 is 15.5 Å². The minimum absolute atomic E-state index is 0.0190. The Morgan fingerprint density at radius 1 is 1.21 bits per heavy atom. The number of hydrogen-bond acceptors (Lipinski definition) is 6. The fourth-order valence-electron chi connectivity index (χ4n) is 5.79. The SMILES string of the molecule is N#Cc1ncc(N2C(=O)C3(CCC3)N(c3ccc(C(N)=O)c(F)c3CCCN3CCC(F)(F)C3)C2=S)cc1C(F)(F)F. The number of primary amides is 1. The van der Waals surface area contributed by atoms with E-state index in [0.717, 1.165) is 17.2 Å².